The first-order valence-corrected chi connectivity index (χ1v) is 9.87. The summed E-state index contributed by atoms with van der Waals surface area (Å²) in [5.41, 5.74) is 1.80. The van der Waals surface area contributed by atoms with Crippen LogP contribution in [0.4, 0.5) is 11.4 Å². The van der Waals surface area contributed by atoms with Crippen molar-refractivity contribution in [3.63, 3.8) is 0 Å². The molecule has 7 heteroatoms. The van der Waals surface area contributed by atoms with Crippen molar-refractivity contribution in [2.45, 2.75) is 6.92 Å². The molecule has 0 radical (unpaired) electrons. The molecule has 0 bridgehead atoms. The molecule has 0 aromatic heterocycles. The molecule has 1 saturated heterocycles. The van der Waals surface area contributed by atoms with Crippen LogP contribution in [-0.4, -0.2) is 62.7 Å². The lowest BCUT2D eigenvalue weighted by Crippen LogP contribution is -2.51. The lowest BCUT2D eigenvalue weighted by atomic mass is 10.2. The summed E-state index contributed by atoms with van der Waals surface area (Å²) < 4.78 is 11.1. The topological polar surface area (TPSA) is 62.3 Å². The first-order valence-electron chi connectivity index (χ1n) is 9.87. The number of hydrogen-bond donors (Lipinski definition) is 0. The normalized spacial score (nSPS) is 15.8. The second-order valence-electron chi connectivity index (χ2n) is 7.14. The molecule has 0 saturated carbocycles. The Hall–Kier alpha value is -3.22. The van der Waals surface area contributed by atoms with Crippen LogP contribution in [0.3, 0.4) is 0 Å². The number of nitrogens with zero attached hydrogens (tertiary/aromatic N) is 3. The standard InChI is InChI=1S/C22H25N3O4/c1-17(26)25(19-7-8-20-21(15-19)29-14-13-28-20)16-22(27)24-11-9-23(10-12-24)18-5-3-2-4-6-18/h2-8,15H,9-14,16H2,1H3. The van der Waals surface area contributed by atoms with Crippen LogP contribution in [0.1, 0.15) is 6.92 Å². The molecule has 2 aliphatic heterocycles. The third-order valence-corrected chi connectivity index (χ3v) is 5.26. The van der Waals surface area contributed by atoms with Gasteiger partial charge in [-0.15, -0.1) is 0 Å². The van der Waals surface area contributed by atoms with Crippen molar-refractivity contribution in [1.29, 1.82) is 0 Å². The van der Waals surface area contributed by atoms with Crippen LogP contribution in [0.25, 0.3) is 0 Å². The molecular weight excluding hydrogens is 370 g/mol. The van der Waals surface area contributed by atoms with Crippen molar-refractivity contribution < 1.29 is 19.1 Å². The van der Waals surface area contributed by atoms with Gasteiger partial charge in [0.25, 0.3) is 0 Å². The van der Waals surface area contributed by atoms with Crippen LogP contribution >= 0.6 is 0 Å². The molecule has 2 aromatic rings. The number of benzene rings is 2. The molecule has 29 heavy (non-hydrogen) atoms. The van der Waals surface area contributed by atoms with Gasteiger partial charge in [-0.1, -0.05) is 18.2 Å². The Morgan fingerprint density at radius 3 is 2.31 bits per heavy atom. The van der Waals surface area contributed by atoms with Crippen LogP contribution in [0.15, 0.2) is 48.5 Å². The van der Waals surface area contributed by atoms with E-state index in [0.29, 0.717) is 43.5 Å². The second-order valence-corrected chi connectivity index (χ2v) is 7.14. The summed E-state index contributed by atoms with van der Waals surface area (Å²) >= 11 is 0. The van der Waals surface area contributed by atoms with Gasteiger partial charge in [0, 0.05) is 50.5 Å². The van der Waals surface area contributed by atoms with E-state index < -0.39 is 0 Å². The Morgan fingerprint density at radius 1 is 0.931 bits per heavy atom. The molecule has 2 aromatic carbocycles. The molecule has 0 atom stereocenters. The van der Waals surface area contributed by atoms with Crippen molar-refractivity contribution in [2.75, 3.05) is 55.7 Å². The van der Waals surface area contributed by atoms with Gasteiger partial charge in [0.15, 0.2) is 11.5 Å². The maximum Gasteiger partial charge on any atom is 0.242 e. The number of fused-ring (bicyclic) bond motifs is 1. The fourth-order valence-electron chi connectivity index (χ4n) is 3.67. The molecule has 2 heterocycles. The van der Waals surface area contributed by atoms with Crippen molar-refractivity contribution >= 4 is 23.2 Å². The van der Waals surface area contributed by atoms with Gasteiger partial charge in [0.2, 0.25) is 11.8 Å². The van der Waals surface area contributed by atoms with E-state index in [1.54, 1.807) is 18.2 Å². The quantitative estimate of drug-likeness (QED) is 0.794. The summed E-state index contributed by atoms with van der Waals surface area (Å²) in [5, 5.41) is 0. The highest BCUT2D eigenvalue weighted by Crippen LogP contribution is 2.34. The summed E-state index contributed by atoms with van der Waals surface area (Å²) in [7, 11) is 0. The van der Waals surface area contributed by atoms with E-state index in [9.17, 15) is 9.59 Å². The van der Waals surface area contributed by atoms with E-state index >= 15 is 0 Å². The molecule has 0 N–H and O–H groups in total. The average molecular weight is 395 g/mol. The zero-order valence-corrected chi connectivity index (χ0v) is 16.5. The SMILES string of the molecule is CC(=O)N(CC(=O)N1CCN(c2ccccc2)CC1)c1ccc2c(c1)OCCO2. The number of ether oxygens (including phenoxy) is 2. The van der Waals surface area contributed by atoms with Crippen LogP contribution < -0.4 is 19.3 Å². The van der Waals surface area contributed by atoms with Gasteiger partial charge >= 0.3 is 0 Å². The second kappa shape index (κ2) is 8.43. The predicted molar refractivity (Wildman–Crippen MR) is 111 cm³/mol. The summed E-state index contributed by atoms with van der Waals surface area (Å²) in [5.74, 6) is 1.02. The van der Waals surface area contributed by atoms with E-state index in [1.807, 2.05) is 23.1 Å². The van der Waals surface area contributed by atoms with E-state index in [0.717, 1.165) is 13.1 Å². The van der Waals surface area contributed by atoms with Crippen molar-refractivity contribution in [2.24, 2.45) is 0 Å². The summed E-state index contributed by atoms with van der Waals surface area (Å²) in [6, 6.07) is 15.5. The molecular formula is C22H25N3O4. The van der Waals surface area contributed by atoms with Gasteiger partial charge in [-0.05, 0) is 24.3 Å². The minimum absolute atomic E-state index is 0.0142. The smallest absolute Gasteiger partial charge is 0.242 e. The molecule has 0 aliphatic carbocycles. The van der Waals surface area contributed by atoms with E-state index in [-0.39, 0.29) is 18.4 Å². The van der Waals surface area contributed by atoms with Crippen LogP contribution in [0, 0.1) is 0 Å². The zero-order chi connectivity index (χ0) is 20.2. The Kier molecular flexibility index (Phi) is 5.55. The van der Waals surface area contributed by atoms with Crippen LogP contribution in [0.5, 0.6) is 11.5 Å². The van der Waals surface area contributed by atoms with Crippen LogP contribution in [0.2, 0.25) is 0 Å². The maximum absolute atomic E-state index is 12.9. The van der Waals surface area contributed by atoms with Gasteiger partial charge in [-0.25, -0.2) is 0 Å². The lowest BCUT2D eigenvalue weighted by molar-refractivity contribution is -0.131. The van der Waals surface area contributed by atoms with E-state index in [2.05, 4.69) is 17.0 Å². The minimum Gasteiger partial charge on any atom is -0.486 e. The van der Waals surface area contributed by atoms with Crippen molar-refractivity contribution in [3.8, 4) is 11.5 Å². The van der Waals surface area contributed by atoms with Gasteiger partial charge in [-0.3, -0.25) is 9.59 Å². The molecule has 152 valence electrons. The highest BCUT2D eigenvalue weighted by atomic mass is 16.6. The fourth-order valence-corrected chi connectivity index (χ4v) is 3.67. The predicted octanol–water partition coefficient (Wildman–Crippen LogP) is 2.16. The summed E-state index contributed by atoms with van der Waals surface area (Å²) in [4.78, 5) is 30.7. The number of carbonyl (C=O) groups is 2. The maximum atomic E-state index is 12.9. The monoisotopic (exact) mass is 395 g/mol. The third-order valence-electron chi connectivity index (χ3n) is 5.26. The Bertz CT molecular complexity index is 879. The molecule has 7 nitrogen and oxygen atoms in total. The minimum atomic E-state index is -0.182. The Balaban J connectivity index is 1.40. The van der Waals surface area contributed by atoms with E-state index in [4.69, 9.17) is 9.47 Å². The highest BCUT2D eigenvalue weighted by molar-refractivity contribution is 5.97. The first-order chi connectivity index (χ1) is 14.1. The molecule has 4 rings (SSSR count). The number of carbonyl (C=O) groups excluding carboxylic acids is 2. The zero-order valence-electron chi connectivity index (χ0n) is 16.5. The highest BCUT2D eigenvalue weighted by Gasteiger charge is 2.25. The molecule has 1 fully saturated rings. The third kappa shape index (κ3) is 4.29. The molecule has 2 amide bonds. The van der Waals surface area contributed by atoms with Crippen molar-refractivity contribution in [3.05, 3.63) is 48.5 Å². The lowest BCUT2D eigenvalue weighted by Gasteiger charge is -2.37. The summed E-state index contributed by atoms with van der Waals surface area (Å²) in [6.07, 6.45) is 0. The van der Waals surface area contributed by atoms with E-state index in [1.165, 1.54) is 17.5 Å². The molecule has 0 unspecified atom stereocenters. The first kappa shape index (κ1) is 19.1. The number of rotatable bonds is 4. The number of piperazine rings is 1. The van der Waals surface area contributed by atoms with Crippen molar-refractivity contribution in [1.82, 2.24) is 4.90 Å². The summed E-state index contributed by atoms with van der Waals surface area (Å²) in [6.45, 7) is 5.30. The number of anilines is 2. The Morgan fingerprint density at radius 2 is 1.62 bits per heavy atom. The number of para-hydroxylation sites is 1. The van der Waals surface area contributed by atoms with Gasteiger partial charge in [-0.2, -0.15) is 0 Å². The molecule has 2 aliphatic rings. The van der Waals surface area contributed by atoms with Gasteiger partial charge < -0.3 is 24.2 Å². The van der Waals surface area contributed by atoms with Crippen LogP contribution in [-0.2, 0) is 9.59 Å². The average Bonchev–Trinajstić information content (AvgIpc) is 2.77. The largest absolute Gasteiger partial charge is 0.486 e. The van der Waals surface area contributed by atoms with Gasteiger partial charge in [0.1, 0.15) is 19.8 Å². The fraction of sp³-hybridized carbons (Fsp3) is 0.364. The molecule has 0 spiro atoms. The number of amides is 2. The van der Waals surface area contributed by atoms with Gasteiger partial charge in [0.05, 0.1) is 0 Å². The Labute approximate surface area is 170 Å². The number of hydrogen-bond acceptors (Lipinski definition) is 5.